The highest BCUT2D eigenvalue weighted by Gasteiger charge is 2.13. The smallest absolute Gasteiger partial charge is 0.332 e. The molecular formula is C12H20N4O4. The fourth-order valence-electron chi connectivity index (χ4n) is 1.75. The number of rotatable bonds is 6. The number of aliphatic hydroxyl groups is 1. The Balaban J connectivity index is 2.35. The standard InChI is InChI=1S/C12H20N4O4/c1-7-9(8(2)16(3)15-7)6-14-12(20)13-5-4-10(17)11(18)19/h10,17H,4-6H2,1-3H3,(H,18,19)(H2,13,14,20). The van der Waals surface area contributed by atoms with Crippen LogP contribution in [-0.2, 0) is 18.4 Å². The number of amides is 2. The van der Waals surface area contributed by atoms with E-state index < -0.39 is 18.1 Å². The largest absolute Gasteiger partial charge is 0.479 e. The van der Waals surface area contributed by atoms with E-state index in [0.717, 1.165) is 17.0 Å². The molecule has 0 aromatic carbocycles. The van der Waals surface area contributed by atoms with E-state index in [1.807, 2.05) is 20.9 Å². The van der Waals surface area contributed by atoms with Gasteiger partial charge in [0, 0.05) is 37.8 Å². The first-order valence-corrected chi connectivity index (χ1v) is 6.24. The zero-order valence-electron chi connectivity index (χ0n) is 11.8. The van der Waals surface area contributed by atoms with E-state index in [-0.39, 0.29) is 13.0 Å². The summed E-state index contributed by atoms with van der Waals surface area (Å²) < 4.78 is 1.74. The lowest BCUT2D eigenvalue weighted by Gasteiger charge is -2.09. The maximum absolute atomic E-state index is 11.5. The number of aromatic nitrogens is 2. The van der Waals surface area contributed by atoms with Crippen molar-refractivity contribution in [2.45, 2.75) is 32.9 Å². The summed E-state index contributed by atoms with van der Waals surface area (Å²) in [6.07, 6.45) is -1.49. The molecule has 2 amide bonds. The molecule has 1 rings (SSSR count). The third kappa shape index (κ3) is 4.23. The third-order valence-electron chi connectivity index (χ3n) is 3.07. The lowest BCUT2D eigenvalue weighted by molar-refractivity contribution is -0.146. The van der Waals surface area contributed by atoms with Crippen molar-refractivity contribution in [2.24, 2.45) is 7.05 Å². The molecule has 8 heteroatoms. The van der Waals surface area contributed by atoms with Gasteiger partial charge in [-0.25, -0.2) is 9.59 Å². The van der Waals surface area contributed by atoms with Gasteiger partial charge >= 0.3 is 12.0 Å². The second-order valence-corrected chi connectivity index (χ2v) is 4.53. The van der Waals surface area contributed by atoms with Gasteiger partial charge in [-0.1, -0.05) is 0 Å². The van der Waals surface area contributed by atoms with Crippen LogP contribution in [0.15, 0.2) is 0 Å². The molecule has 112 valence electrons. The number of urea groups is 1. The summed E-state index contributed by atoms with van der Waals surface area (Å²) in [5.41, 5.74) is 2.78. The van der Waals surface area contributed by atoms with Crippen molar-refractivity contribution in [2.75, 3.05) is 6.54 Å². The van der Waals surface area contributed by atoms with Gasteiger partial charge in [0.05, 0.1) is 5.69 Å². The minimum Gasteiger partial charge on any atom is -0.479 e. The number of carbonyl (C=O) groups excluding carboxylic acids is 1. The van der Waals surface area contributed by atoms with E-state index in [4.69, 9.17) is 10.2 Å². The summed E-state index contributed by atoms with van der Waals surface area (Å²) in [7, 11) is 1.83. The Morgan fingerprint density at radius 2 is 2.00 bits per heavy atom. The van der Waals surface area contributed by atoms with Gasteiger partial charge in [-0.2, -0.15) is 5.10 Å². The monoisotopic (exact) mass is 284 g/mol. The summed E-state index contributed by atoms with van der Waals surface area (Å²) in [5, 5.41) is 26.9. The fourth-order valence-corrected chi connectivity index (χ4v) is 1.75. The van der Waals surface area contributed by atoms with Gasteiger partial charge in [0.25, 0.3) is 0 Å². The highest BCUT2D eigenvalue weighted by molar-refractivity contribution is 5.74. The molecule has 1 heterocycles. The van der Waals surface area contributed by atoms with E-state index in [2.05, 4.69) is 15.7 Å². The number of aliphatic carboxylic acids is 1. The van der Waals surface area contributed by atoms with Crippen LogP contribution < -0.4 is 10.6 Å². The van der Waals surface area contributed by atoms with Crippen molar-refractivity contribution >= 4 is 12.0 Å². The Morgan fingerprint density at radius 1 is 1.35 bits per heavy atom. The van der Waals surface area contributed by atoms with Crippen LogP contribution in [0.2, 0.25) is 0 Å². The van der Waals surface area contributed by atoms with Crippen LogP contribution in [0, 0.1) is 13.8 Å². The second kappa shape index (κ2) is 6.90. The predicted molar refractivity (Wildman–Crippen MR) is 71.2 cm³/mol. The Labute approximate surface area is 116 Å². The Bertz CT molecular complexity index is 498. The summed E-state index contributed by atoms with van der Waals surface area (Å²) in [6, 6.07) is -0.412. The van der Waals surface area contributed by atoms with Crippen molar-refractivity contribution < 1.29 is 19.8 Å². The summed E-state index contributed by atoms with van der Waals surface area (Å²) in [6.45, 7) is 4.21. The third-order valence-corrected chi connectivity index (χ3v) is 3.07. The number of hydrogen-bond acceptors (Lipinski definition) is 4. The van der Waals surface area contributed by atoms with Crippen molar-refractivity contribution in [3.8, 4) is 0 Å². The van der Waals surface area contributed by atoms with Gasteiger partial charge in [-0.15, -0.1) is 0 Å². The van der Waals surface area contributed by atoms with Gasteiger partial charge in [0.2, 0.25) is 0 Å². The van der Waals surface area contributed by atoms with Crippen LogP contribution in [-0.4, -0.2) is 44.6 Å². The molecule has 0 saturated heterocycles. The normalized spacial score (nSPS) is 12.0. The molecule has 0 fully saturated rings. The van der Waals surface area contributed by atoms with Gasteiger partial charge in [0.15, 0.2) is 6.10 Å². The minimum atomic E-state index is -1.46. The number of nitrogens with zero attached hydrogens (tertiary/aromatic N) is 2. The van der Waals surface area contributed by atoms with Crippen LogP contribution in [0.5, 0.6) is 0 Å². The number of aliphatic hydroxyl groups excluding tert-OH is 1. The van der Waals surface area contributed by atoms with Gasteiger partial charge < -0.3 is 20.8 Å². The highest BCUT2D eigenvalue weighted by Crippen LogP contribution is 2.10. The molecule has 1 aromatic rings. The topological polar surface area (TPSA) is 116 Å². The Hall–Kier alpha value is -2.09. The molecule has 1 aromatic heterocycles. The molecule has 0 radical (unpaired) electrons. The van der Waals surface area contributed by atoms with Gasteiger partial charge in [-0.05, 0) is 13.8 Å². The summed E-state index contributed by atoms with van der Waals surface area (Å²) in [4.78, 5) is 21.9. The number of carboxylic acids is 1. The average Bonchev–Trinajstić information content (AvgIpc) is 2.61. The molecule has 0 aliphatic carbocycles. The Morgan fingerprint density at radius 3 is 2.50 bits per heavy atom. The van der Waals surface area contributed by atoms with Crippen molar-refractivity contribution in [3.63, 3.8) is 0 Å². The van der Waals surface area contributed by atoms with Gasteiger partial charge in [-0.3, -0.25) is 4.68 Å². The number of nitrogens with one attached hydrogen (secondary N) is 2. The van der Waals surface area contributed by atoms with E-state index >= 15 is 0 Å². The molecule has 0 aliphatic rings. The maximum Gasteiger partial charge on any atom is 0.332 e. The highest BCUT2D eigenvalue weighted by atomic mass is 16.4. The number of aryl methyl sites for hydroxylation is 2. The van der Waals surface area contributed by atoms with E-state index in [0.29, 0.717) is 6.54 Å². The summed E-state index contributed by atoms with van der Waals surface area (Å²) >= 11 is 0. The molecule has 20 heavy (non-hydrogen) atoms. The maximum atomic E-state index is 11.5. The fraction of sp³-hybridized carbons (Fsp3) is 0.583. The summed E-state index contributed by atoms with van der Waals surface area (Å²) in [5.74, 6) is -1.30. The van der Waals surface area contributed by atoms with Crippen LogP contribution in [0.3, 0.4) is 0 Å². The zero-order valence-corrected chi connectivity index (χ0v) is 11.8. The molecular weight excluding hydrogens is 264 g/mol. The molecule has 4 N–H and O–H groups in total. The molecule has 8 nitrogen and oxygen atoms in total. The molecule has 0 saturated carbocycles. The van der Waals surface area contributed by atoms with Gasteiger partial charge in [0.1, 0.15) is 0 Å². The molecule has 1 atom stereocenters. The van der Waals surface area contributed by atoms with Crippen molar-refractivity contribution in [1.29, 1.82) is 0 Å². The SMILES string of the molecule is Cc1nn(C)c(C)c1CNC(=O)NCCC(O)C(=O)O. The van der Waals surface area contributed by atoms with Crippen LogP contribution in [0.1, 0.15) is 23.4 Å². The lowest BCUT2D eigenvalue weighted by Crippen LogP contribution is -2.37. The number of carbonyl (C=O) groups is 2. The average molecular weight is 284 g/mol. The van der Waals surface area contributed by atoms with E-state index in [1.165, 1.54) is 0 Å². The minimum absolute atomic E-state index is 0.0340. The first kappa shape index (κ1) is 16.0. The molecule has 0 spiro atoms. The molecule has 1 unspecified atom stereocenters. The van der Waals surface area contributed by atoms with E-state index in [1.54, 1.807) is 4.68 Å². The number of hydrogen-bond donors (Lipinski definition) is 4. The first-order valence-electron chi connectivity index (χ1n) is 6.24. The molecule has 0 bridgehead atoms. The quantitative estimate of drug-likeness (QED) is 0.571. The van der Waals surface area contributed by atoms with Crippen molar-refractivity contribution in [3.05, 3.63) is 17.0 Å². The van der Waals surface area contributed by atoms with Crippen LogP contribution >= 0.6 is 0 Å². The predicted octanol–water partition coefficient (Wildman–Crippen LogP) is -0.328. The first-order chi connectivity index (χ1) is 9.32. The second-order valence-electron chi connectivity index (χ2n) is 4.53. The zero-order chi connectivity index (χ0) is 15.3. The van der Waals surface area contributed by atoms with Crippen LogP contribution in [0.4, 0.5) is 4.79 Å². The number of carboxylic acid groups (broad SMARTS) is 1. The molecule has 0 aliphatic heterocycles. The lowest BCUT2D eigenvalue weighted by atomic mass is 10.2. The van der Waals surface area contributed by atoms with E-state index in [9.17, 15) is 9.59 Å². The van der Waals surface area contributed by atoms with Crippen molar-refractivity contribution in [1.82, 2.24) is 20.4 Å². The Kier molecular flexibility index (Phi) is 5.51. The van der Waals surface area contributed by atoms with Crippen LogP contribution in [0.25, 0.3) is 0 Å².